The first-order valence-corrected chi connectivity index (χ1v) is 6.27. The van der Waals surface area contributed by atoms with Crippen molar-refractivity contribution >= 4 is 23.1 Å². The molecule has 0 fully saturated rings. The van der Waals surface area contributed by atoms with E-state index in [1.807, 2.05) is 19.1 Å². The van der Waals surface area contributed by atoms with E-state index >= 15 is 0 Å². The van der Waals surface area contributed by atoms with Gasteiger partial charge >= 0.3 is 0 Å². The Hall–Kier alpha value is -1.49. The van der Waals surface area contributed by atoms with Crippen LogP contribution in [0.4, 0.5) is 0 Å². The van der Waals surface area contributed by atoms with Crippen molar-refractivity contribution in [2.45, 2.75) is 26.8 Å². The first-order chi connectivity index (χ1) is 8.41. The molecule has 0 radical (unpaired) electrons. The molecule has 0 aliphatic rings. The highest BCUT2D eigenvalue weighted by atomic mass is 32.1. The number of nitrogens with zero attached hydrogens (tertiary/aromatic N) is 2. The molecule has 4 nitrogen and oxygen atoms in total. The molecule has 1 rings (SSSR count). The van der Waals surface area contributed by atoms with Crippen molar-refractivity contribution in [3.8, 4) is 0 Å². The van der Waals surface area contributed by atoms with E-state index in [0.29, 0.717) is 13.0 Å². The minimum absolute atomic E-state index is 0.0543. The van der Waals surface area contributed by atoms with E-state index in [2.05, 4.69) is 4.98 Å². The lowest BCUT2D eigenvalue weighted by molar-refractivity contribution is -0.136. The molecule has 0 aliphatic carbocycles. The number of rotatable bonds is 5. The molecule has 0 aromatic carbocycles. The van der Waals surface area contributed by atoms with Gasteiger partial charge in [0, 0.05) is 26.0 Å². The normalized spacial score (nSPS) is 13.7. The molecular weight excluding hydrogens is 246 g/mol. The summed E-state index contributed by atoms with van der Waals surface area (Å²) in [6.07, 6.45) is 4.04. The molecule has 5 heteroatoms. The highest BCUT2D eigenvalue weighted by Gasteiger charge is 2.36. The van der Waals surface area contributed by atoms with Gasteiger partial charge in [0.15, 0.2) is 0 Å². The van der Waals surface area contributed by atoms with Gasteiger partial charge < -0.3 is 10.6 Å². The number of amides is 1. The van der Waals surface area contributed by atoms with Crippen molar-refractivity contribution in [1.29, 1.82) is 0 Å². The van der Waals surface area contributed by atoms with Gasteiger partial charge in [0.25, 0.3) is 0 Å². The molecule has 1 heterocycles. The average Bonchev–Trinajstić information content (AvgIpc) is 2.37. The van der Waals surface area contributed by atoms with Crippen LogP contribution < -0.4 is 5.73 Å². The highest BCUT2D eigenvalue weighted by molar-refractivity contribution is 7.80. The van der Waals surface area contributed by atoms with Gasteiger partial charge in [0.05, 0.1) is 10.4 Å². The molecule has 1 unspecified atom stereocenters. The lowest BCUT2D eigenvalue weighted by Gasteiger charge is -2.30. The second kappa shape index (κ2) is 5.91. The summed E-state index contributed by atoms with van der Waals surface area (Å²) < 4.78 is 0. The first kappa shape index (κ1) is 14.6. The summed E-state index contributed by atoms with van der Waals surface area (Å²) in [6, 6.07) is 3.78. The second-order valence-corrected chi connectivity index (χ2v) is 5.01. The molecule has 1 aromatic heterocycles. The van der Waals surface area contributed by atoms with Crippen molar-refractivity contribution in [3.63, 3.8) is 0 Å². The Morgan fingerprint density at radius 1 is 1.61 bits per heavy atom. The van der Waals surface area contributed by atoms with Gasteiger partial charge in [-0.3, -0.25) is 9.78 Å². The van der Waals surface area contributed by atoms with E-state index in [1.54, 1.807) is 31.3 Å². The van der Waals surface area contributed by atoms with Crippen LogP contribution >= 0.6 is 12.2 Å². The number of carbonyl (C=O) groups is 1. The molecule has 2 N–H and O–H groups in total. The van der Waals surface area contributed by atoms with E-state index in [-0.39, 0.29) is 10.9 Å². The van der Waals surface area contributed by atoms with Crippen molar-refractivity contribution in [2.24, 2.45) is 11.1 Å². The van der Waals surface area contributed by atoms with E-state index in [9.17, 15) is 4.79 Å². The molecular formula is C13H19N3OS. The van der Waals surface area contributed by atoms with Crippen molar-refractivity contribution < 1.29 is 4.79 Å². The van der Waals surface area contributed by atoms with Crippen molar-refractivity contribution in [1.82, 2.24) is 9.88 Å². The standard InChI is InChI=1S/C13H19N3OS/c1-4-13(2,11(14)18)12(17)16(3)9-10-6-5-7-15-8-10/h5-8H,4,9H2,1-3H3,(H2,14,18). The molecule has 0 bridgehead atoms. The third kappa shape index (κ3) is 3.04. The Balaban J connectivity index is 2.81. The number of hydrogen-bond donors (Lipinski definition) is 1. The lowest BCUT2D eigenvalue weighted by atomic mass is 9.86. The van der Waals surface area contributed by atoms with Gasteiger partial charge in [0.1, 0.15) is 0 Å². The molecule has 1 atom stereocenters. The third-order valence-corrected chi connectivity index (χ3v) is 3.66. The Bertz CT molecular complexity index is 435. The summed E-state index contributed by atoms with van der Waals surface area (Å²) in [5.41, 5.74) is 5.89. The van der Waals surface area contributed by atoms with E-state index in [0.717, 1.165) is 5.56 Å². The van der Waals surface area contributed by atoms with Crippen LogP contribution in [0.3, 0.4) is 0 Å². The Labute approximate surface area is 113 Å². The summed E-state index contributed by atoms with van der Waals surface area (Å²) in [7, 11) is 1.75. The lowest BCUT2D eigenvalue weighted by Crippen LogP contribution is -2.47. The fourth-order valence-corrected chi connectivity index (χ4v) is 1.92. The Morgan fingerprint density at radius 3 is 2.72 bits per heavy atom. The monoisotopic (exact) mass is 265 g/mol. The van der Waals surface area contributed by atoms with Gasteiger partial charge in [-0.1, -0.05) is 25.2 Å². The zero-order chi connectivity index (χ0) is 13.8. The SMILES string of the molecule is CCC(C)(C(=O)N(C)Cc1cccnc1)C(N)=S. The van der Waals surface area contributed by atoms with Crippen molar-refractivity contribution in [2.75, 3.05) is 7.05 Å². The summed E-state index contributed by atoms with van der Waals surface area (Å²) in [6.45, 7) is 4.21. The molecule has 0 aliphatic heterocycles. The first-order valence-electron chi connectivity index (χ1n) is 5.86. The van der Waals surface area contributed by atoms with Gasteiger partial charge in [-0.25, -0.2) is 0 Å². The fourth-order valence-electron chi connectivity index (χ4n) is 1.69. The number of thiocarbonyl (C=S) groups is 1. The van der Waals surface area contributed by atoms with Crippen LogP contribution in [0.25, 0.3) is 0 Å². The zero-order valence-corrected chi connectivity index (χ0v) is 11.8. The van der Waals surface area contributed by atoms with Gasteiger partial charge in [-0.05, 0) is 25.0 Å². The minimum atomic E-state index is -0.772. The maximum Gasteiger partial charge on any atom is 0.235 e. The third-order valence-electron chi connectivity index (χ3n) is 3.21. The number of hydrogen-bond acceptors (Lipinski definition) is 3. The number of carbonyl (C=O) groups excluding carboxylic acids is 1. The Kier molecular flexibility index (Phi) is 4.78. The van der Waals surface area contributed by atoms with Gasteiger partial charge in [-0.2, -0.15) is 0 Å². The van der Waals surface area contributed by atoms with Crippen LogP contribution in [0.5, 0.6) is 0 Å². The summed E-state index contributed by atoms with van der Waals surface area (Å²) >= 11 is 5.01. The van der Waals surface area contributed by atoms with Crippen molar-refractivity contribution in [3.05, 3.63) is 30.1 Å². The predicted molar refractivity (Wildman–Crippen MR) is 75.9 cm³/mol. The smallest absolute Gasteiger partial charge is 0.235 e. The number of pyridine rings is 1. The maximum absolute atomic E-state index is 12.4. The van der Waals surface area contributed by atoms with E-state index in [1.165, 1.54) is 0 Å². The molecule has 0 saturated heterocycles. The molecule has 18 heavy (non-hydrogen) atoms. The summed E-state index contributed by atoms with van der Waals surface area (Å²) in [4.78, 5) is 18.3. The Morgan fingerprint density at radius 2 is 2.28 bits per heavy atom. The number of aromatic nitrogens is 1. The maximum atomic E-state index is 12.4. The molecule has 0 saturated carbocycles. The van der Waals surface area contributed by atoms with Crippen LogP contribution in [0.2, 0.25) is 0 Å². The van der Waals surface area contributed by atoms with Crippen LogP contribution in [0.15, 0.2) is 24.5 Å². The average molecular weight is 265 g/mol. The molecule has 98 valence electrons. The highest BCUT2D eigenvalue weighted by Crippen LogP contribution is 2.24. The topological polar surface area (TPSA) is 59.2 Å². The van der Waals surface area contributed by atoms with Crippen LogP contribution in [-0.4, -0.2) is 27.8 Å². The van der Waals surface area contributed by atoms with E-state index < -0.39 is 5.41 Å². The summed E-state index contributed by atoms with van der Waals surface area (Å²) in [5, 5.41) is 0. The van der Waals surface area contributed by atoms with E-state index in [4.69, 9.17) is 18.0 Å². The molecule has 1 amide bonds. The molecule has 1 aromatic rings. The van der Waals surface area contributed by atoms with Gasteiger partial charge in [0.2, 0.25) is 5.91 Å². The largest absolute Gasteiger partial charge is 0.392 e. The summed E-state index contributed by atoms with van der Waals surface area (Å²) in [5.74, 6) is -0.0543. The minimum Gasteiger partial charge on any atom is -0.392 e. The van der Waals surface area contributed by atoms with Crippen LogP contribution in [-0.2, 0) is 11.3 Å². The van der Waals surface area contributed by atoms with Crippen LogP contribution in [0, 0.1) is 5.41 Å². The van der Waals surface area contributed by atoms with Gasteiger partial charge in [-0.15, -0.1) is 0 Å². The van der Waals surface area contributed by atoms with Crippen LogP contribution in [0.1, 0.15) is 25.8 Å². The zero-order valence-electron chi connectivity index (χ0n) is 11.0. The predicted octanol–water partition coefficient (Wildman–Crippen LogP) is 1.74. The second-order valence-electron chi connectivity index (χ2n) is 4.57. The fraction of sp³-hybridized carbons (Fsp3) is 0.462. The number of nitrogens with two attached hydrogens (primary N) is 1. The molecule has 0 spiro atoms. The quantitative estimate of drug-likeness (QED) is 0.824.